The van der Waals surface area contributed by atoms with Gasteiger partial charge < -0.3 is 10.6 Å². The van der Waals surface area contributed by atoms with E-state index in [0.29, 0.717) is 12.5 Å². The van der Waals surface area contributed by atoms with Gasteiger partial charge in [0.25, 0.3) is 0 Å². The Bertz CT molecular complexity index is 518. The van der Waals surface area contributed by atoms with Crippen LogP contribution in [0.25, 0.3) is 0 Å². The predicted molar refractivity (Wildman–Crippen MR) is 74.6 cm³/mol. The molecule has 20 heavy (non-hydrogen) atoms. The smallest absolute Gasteiger partial charge is 0.224 e. The van der Waals surface area contributed by atoms with E-state index >= 15 is 0 Å². The minimum Gasteiger partial charge on any atom is -0.324 e. The maximum Gasteiger partial charge on any atom is 0.224 e. The minimum absolute atomic E-state index is 0.130. The monoisotopic (exact) mass is 275 g/mol. The highest BCUT2D eigenvalue weighted by molar-refractivity contribution is 5.90. The topological polar surface area (TPSA) is 64.9 Å². The van der Waals surface area contributed by atoms with Gasteiger partial charge in [-0.25, -0.2) is 4.39 Å². The number of carbonyl (C=O) groups is 1. The van der Waals surface area contributed by atoms with Crippen molar-refractivity contribution in [1.82, 2.24) is 5.32 Å². The summed E-state index contributed by atoms with van der Waals surface area (Å²) in [6.07, 6.45) is 4.63. The standard InChI is InChI=1S/C15H18FN3O/c16-13-9-11(10-17)4-6-14(13)19-15(20)7-5-12-3-1-2-8-18-12/h4,6,9,12,18H,1-3,5,7-8H2,(H,19,20). The maximum absolute atomic E-state index is 13.6. The Morgan fingerprint density at radius 2 is 2.35 bits per heavy atom. The number of rotatable bonds is 4. The third-order valence-corrected chi connectivity index (χ3v) is 3.50. The molecule has 2 N–H and O–H groups in total. The normalized spacial score (nSPS) is 18.3. The van der Waals surface area contributed by atoms with Gasteiger partial charge in [0.1, 0.15) is 5.82 Å². The molecule has 5 heteroatoms. The van der Waals surface area contributed by atoms with Crippen LogP contribution >= 0.6 is 0 Å². The minimum atomic E-state index is -0.576. The molecule has 106 valence electrons. The van der Waals surface area contributed by atoms with Gasteiger partial charge in [0, 0.05) is 12.5 Å². The number of piperidine rings is 1. The van der Waals surface area contributed by atoms with Crippen LogP contribution in [-0.4, -0.2) is 18.5 Å². The third-order valence-electron chi connectivity index (χ3n) is 3.50. The van der Waals surface area contributed by atoms with E-state index in [4.69, 9.17) is 5.26 Å². The molecule has 1 fully saturated rings. The number of nitrogens with zero attached hydrogens (tertiary/aromatic N) is 1. The van der Waals surface area contributed by atoms with Crippen LogP contribution < -0.4 is 10.6 Å². The molecule has 1 aliphatic rings. The highest BCUT2D eigenvalue weighted by atomic mass is 19.1. The molecule has 1 aromatic rings. The third kappa shape index (κ3) is 4.04. The largest absolute Gasteiger partial charge is 0.324 e. The van der Waals surface area contributed by atoms with Gasteiger partial charge in [0.05, 0.1) is 17.3 Å². The van der Waals surface area contributed by atoms with Crippen LogP contribution in [0.5, 0.6) is 0 Å². The first-order valence-corrected chi connectivity index (χ1v) is 6.92. The Balaban J connectivity index is 1.83. The summed E-state index contributed by atoms with van der Waals surface area (Å²) in [6, 6.07) is 6.28. The molecule has 1 heterocycles. The Morgan fingerprint density at radius 3 is 3.00 bits per heavy atom. The number of anilines is 1. The van der Waals surface area contributed by atoms with Gasteiger partial charge in [-0.1, -0.05) is 6.42 Å². The van der Waals surface area contributed by atoms with E-state index in [0.717, 1.165) is 25.5 Å². The predicted octanol–water partition coefficient (Wildman–Crippen LogP) is 2.56. The summed E-state index contributed by atoms with van der Waals surface area (Å²) in [5.74, 6) is -0.769. The molecule has 2 rings (SSSR count). The molecular weight excluding hydrogens is 257 g/mol. The van der Waals surface area contributed by atoms with Crippen LogP contribution in [0.1, 0.15) is 37.7 Å². The van der Waals surface area contributed by atoms with Crippen LogP contribution in [0.4, 0.5) is 10.1 Å². The second-order valence-corrected chi connectivity index (χ2v) is 5.04. The fraction of sp³-hybridized carbons (Fsp3) is 0.467. The van der Waals surface area contributed by atoms with Crippen molar-refractivity contribution >= 4 is 11.6 Å². The SMILES string of the molecule is N#Cc1ccc(NC(=O)CCC2CCCCN2)c(F)c1. The molecule has 1 amide bonds. The van der Waals surface area contributed by atoms with Gasteiger partial charge >= 0.3 is 0 Å². The van der Waals surface area contributed by atoms with E-state index < -0.39 is 5.82 Å². The number of halogens is 1. The van der Waals surface area contributed by atoms with Crippen molar-refractivity contribution in [3.8, 4) is 6.07 Å². The Morgan fingerprint density at radius 1 is 1.50 bits per heavy atom. The van der Waals surface area contributed by atoms with Crippen LogP contribution in [0, 0.1) is 17.1 Å². The van der Waals surface area contributed by atoms with Crippen LogP contribution in [0.2, 0.25) is 0 Å². The molecule has 0 saturated carbocycles. The fourth-order valence-corrected chi connectivity index (χ4v) is 2.37. The zero-order chi connectivity index (χ0) is 14.4. The van der Waals surface area contributed by atoms with E-state index in [-0.39, 0.29) is 17.2 Å². The van der Waals surface area contributed by atoms with E-state index in [2.05, 4.69) is 10.6 Å². The molecule has 1 aromatic carbocycles. The van der Waals surface area contributed by atoms with Crippen molar-refractivity contribution in [2.75, 3.05) is 11.9 Å². The first-order valence-electron chi connectivity index (χ1n) is 6.92. The van der Waals surface area contributed by atoms with Crippen molar-refractivity contribution in [3.63, 3.8) is 0 Å². The van der Waals surface area contributed by atoms with Gasteiger partial charge in [0.15, 0.2) is 0 Å². The number of carbonyl (C=O) groups excluding carboxylic acids is 1. The summed E-state index contributed by atoms with van der Waals surface area (Å²) >= 11 is 0. The number of hydrogen-bond acceptors (Lipinski definition) is 3. The number of nitrogens with one attached hydrogen (secondary N) is 2. The Labute approximate surface area is 118 Å². The lowest BCUT2D eigenvalue weighted by molar-refractivity contribution is -0.116. The molecule has 0 bridgehead atoms. The fourth-order valence-electron chi connectivity index (χ4n) is 2.37. The van der Waals surface area contributed by atoms with Crippen molar-refractivity contribution < 1.29 is 9.18 Å². The molecule has 0 spiro atoms. The molecule has 1 aliphatic heterocycles. The summed E-state index contributed by atoms with van der Waals surface area (Å²) in [5, 5.41) is 14.6. The van der Waals surface area contributed by atoms with E-state index in [1.807, 2.05) is 6.07 Å². The molecule has 0 radical (unpaired) electrons. The number of benzene rings is 1. The second-order valence-electron chi connectivity index (χ2n) is 5.04. The van der Waals surface area contributed by atoms with Crippen molar-refractivity contribution in [1.29, 1.82) is 5.26 Å². The van der Waals surface area contributed by atoms with Crippen LogP contribution in [0.15, 0.2) is 18.2 Å². The molecule has 4 nitrogen and oxygen atoms in total. The molecule has 1 atom stereocenters. The lowest BCUT2D eigenvalue weighted by atomic mass is 10.0. The molecular formula is C15H18FN3O. The zero-order valence-electron chi connectivity index (χ0n) is 11.3. The van der Waals surface area contributed by atoms with Gasteiger partial charge in [0.2, 0.25) is 5.91 Å². The van der Waals surface area contributed by atoms with Gasteiger partial charge in [-0.3, -0.25) is 4.79 Å². The van der Waals surface area contributed by atoms with Gasteiger partial charge in [-0.2, -0.15) is 5.26 Å². The van der Waals surface area contributed by atoms with Crippen molar-refractivity contribution in [2.24, 2.45) is 0 Å². The van der Waals surface area contributed by atoms with Crippen LogP contribution in [0.3, 0.4) is 0 Å². The zero-order valence-corrected chi connectivity index (χ0v) is 11.3. The first kappa shape index (κ1) is 14.5. The molecule has 0 aromatic heterocycles. The first-order chi connectivity index (χ1) is 9.69. The lowest BCUT2D eigenvalue weighted by Gasteiger charge is -2.23. The highest BCUT2D eigenvalue weighted by Gasteiger charge is 2.14. The summed E-state index contributed by atoms with van der Waals surface area (Å²) < 4.78 is 13.6. The summed E-state index contributed by atoms with van der Waals surface area (Å²) in [6.45, 7) is 1.01. The van der Waals surface area contributed by atoms with Crippen molar-refractivity contribution in [2.45, 2.75) is 38.1 Å². The molecule has 0 aliphatic carbocycles. The van der Waals surface area contributed by atoms with E-state index in [1.165, 1.54) is 25.0 Å². The van der Waals surface area contributed by atoms with E-state index in [1.54, 1.807) is 0 Å². The lowest BCUT2D eigenvalue weighted by Crippen LogP contribution is -2.34. The highest BCUT2D eigenvalue weighted by Crippen LogP contribution is 2.17. The quantitative estimate of drug-likeness (QED) is 0.887. The summed E-state index contributed by atoms with van der Waals surface area (Å²) in [7, 11) is 0. The average molecular weight is 275 g/mol. The summed E-state index contributed by atoms with van der Waals surface area (Å²) in [5.41, 5.74) is 0.373. The summed E-state index contributed by atoms with van der Waals surface area (Å²) in [4.78, 5) is 11.8. The maximum atomic E-state index is 13.6. The Kier molecular flexibility index (Phi) is 5.08. The number of nitriles is 1. The van der Waals surface area contributed by atoms with Gasteiger partial charge in [-0.15, -0.1) is 0 Å². The number of amides is 1. The van der Waals surface area contributed by atoms with E-state index in [9.17, 15) is 9.18 Å². The van der Waals surface area contributed by atoms with Gasteiger partial charge in [-0.05, 0) is 44.0 Å². The average Bonchev–Trinajstić information content (AvgIpc) is 2.48. The second kappa shape index (κ2) is 7.01. The van der Waals surface area contributed by atoms with Crippen molar-refractivity contribution in [3.05, 3.63) is 29.6 Å². The molecule has 1 unspecified atom stereocenters. The number of hydrogen-bond donors (Lipinski definition) is 2. The molecule has 1 saturated heterocycles. The van der Waals surface area contributed by atoms with Crippen LogP contribution in [-0.2, 0) is 4.79 Å². The Hall–Kier alpha value is -1.93.